The monoisotopic (exact) mass is 262 g/mol. The third-order valence-electron chi connectivity index (χ3n) is 4.09. The standard InChI is InChI=1S/C15H22N2O2/c1-12(2)17-10-15(11-17)9-13(6-8-18-15)19-14-5-3-4-7-16-14/h3-5,7,12-13H,6,8-11H2,1-2H3/t13-/m0/s1. The summed E-state index contributed by atoms with van der Waals surface area (Å²) in [4.78, 5) is 6.68. The molecule has 3 heterocycles. The molecule has 0 saturated carbocycles. The molecule has 1 aromatic heterocycles. The molecule has 0 bridgehead atoms. The van der Waals surface area contributed by atoms with Crippen molar-refractivity contribution in [3.8, 4) is 5.88 Å². The molecule has 3 rings (SSSR count). The number of rotatable bonds is 3. The average Bonchev–Trinajstić information content (AvgIpc) is 2.37. The molecule has 2 fully saturated rings. The van der Waals surface area contributed by atoms with Gasteiger partial charge in [0.1, 0.15) is 6.10 Å². The van der Waals surface area contributed by atoms with Crippen molar-refractivity contribution in [1.82, 2.24) is 9.88 Å². The van der Waals surface area contributed by atoms with Crippen LogP contribution in [0.25, 0.3) is 0 Å². The van der Waals surface area contributed by atoms with E-state index in [0.29, 0.717) is 6.04 Å². The van der Waals surface area contributed by atoms with E-state index in [1.54, 1.807) is 6.20 Å². The van der Waals surface area contributed by atoms with Crippen molar-refractivity contribution in [2.45, 2.75) is 44.4 Å². The van der Waals surface area contributed by atoms with Gasteiger partial charge >= 0.3 is 0 Å². The summed E-state index contributed by atoms with van der Waals surface area (Å²) >= 11 is 0. The van der Waals surface area contributed by atoms with E-state index in [9.17, 15) is 0 Å². The molecule has 2 aliphatic rings. The second-order valence-electron chi connectivity index (χ2n) is 5.93. The van der Waals surface area contributed by atoms with E-state index < -0.39 is 0 Å². The van der Waals surface area contributed by atoms with E-state index in [-0.39, 0.29) is 11.7 Å². The van der Waals surface area contributed by atoms with Gasteiger partial charge in [-0.2, -0.15) is 0 Å². The third kappa shape index (κ3) is 2.74. The van der Waals surface area contributed by atoms with E-state index in [0.717, 1.165) is 38.4 Å². The van der Waals surface area contributed by atoms with Gasteiger partial charge in [0.2, 0.25) is 5.88 Å². The van der Waals surface area contributed by atoms with Crippen LogP contribution in [0.1, 0.15) is 26.7 Å². The highest BCUT2D eigenvalue weighted by Crippen LogP contribution is 2.36. The summed E-state index contributed by atoms with van der Waals surface area (Å²) in [6.45, 7) is 7.33. The van der Waals surface area contributed by atoms with Crippen LogP contribution in [0.15, 0.2) is 24.4 Å². The van der Waals surface area contributed by atoms with Gasteiger partial charge in [0.15, 0.2) is 0 Å². The Kier molecular flexibility index (Phi) is 3.46. The molecule has 0 aromatic carbocycles. The molecule has 0 N–H and O–H groups in total. The van der Waals surface area contributed by atoms with Crippen LogP contribution >= 0.6 is 0 Å². The van der Waals surface area contributed by atoms with Gasteiger partial charge in [-0.05, 0) is 19.9 Å². The maximum absolute atomic E-state index is 6.01. The van der Waals surface area contributed by atoms with Crippen LogP contribution in [0.5, 0.6) is 5.88 Å². The Bertz CT molecular complexity index is 415. The van der Waals surface area contributed by atoms with E-state index in [1.807, 2.05) is 18.2 Å². The molecule has 104 valence electrons. The molecule has 0 unspecified atom stereocenters. The fourth-order valence-electron chi connectivity index (χ4n) is 2.95. The Morgan fingerprint density at radius 1 is 1.42 bits per heavy atom. The summed E-state index contributed by atoms with van der Waals surface area (Å²) < 4.78 is 12.0. The second-order valence-corrected chi connectivity index (χ2v) is 5.93. The summed E-state index contributed by atoms with van der Waals surface area (Å²) in [5.74, 6) is 0.726. The lowest BCUT2D eigenvalue weighted by Crippen LogP contribution is -2.67. The summed E-state index contributed by atoms with van der Waals surface area (Å²) in [6, 6.07) is 6.39. The van der Waals surface area contributed by atoms with Crippen LogP contribution in [0.3, 0.4) is 0 Å². The fourth-order valence-corrected chi connectivity index (χ4v) is 2.95. The van der Waals surface area contributed by atoms with Gasteiger partial charge < -0.3 is 9.47 Å². The predicted octanol–water partition coefficient (Wildman–Crippen LogP) is 2.10. The summed E-state index contributed by atoms with van der Waals surface area (Å²) in [5.41, 5.74) is 0.0297. The van der Waals surface area contributed by atoms with Gasteiger partial charge in [-0.15, -0.1) is 0 Å². The topological polar surface area (TPSA) is 34.6 Å². The maximum atomic E-state index is 6.01. The lowest BCUT2D eigenvalue weighted by Gasteiger charge is -2.54. The smallest absolute Gasteiger partial charge is 0.213 e. The van der Waals surface area contributed by atoms with Crippen molar-refractivity contribution in [3.05, 3.63) is 24.4 Å². The minimum Gasteiger partial charge on any atom is -0.474 e. The van der Waals surface area contributed by atoms with Crippen molar-refractivity contribution in [3.63, 3.8) is 0 Å². The predicted molar refractivity (Wildman–Crippen MR) is 73.3 cm³/mol. The molecule has 2 aliphatic heterocycles. The zero-order valence-electron chi connectivity index (χ0n) is 11.7. The molecule has 2 saturated heterocycles. The molecule has 4 heteroatoms. The number of aromatic nitrogens is 1. The zero-order chi connectivity index (χ0) is 13.3. The SMILES string of the molecule is CC(C)N1CC2(C[C@@H](Oc3ccccn3)CCO2)C1. The molecule has 19 heavy (non-hydrogen) atoms. The molecule has 1 aromatic rings. The first-order valence-electron chi connectivity index (χ1n) is 7.13. The van der Waals surface area contributed by atoms with Crippen molar-refractivity contribution in [1.29, 1.82) is 0 Å². The lowest BCUT2D eigenvalue weighted by molar-refractivity contribution is -0.192. The average molecular weight is 262 g/mol. The third-order valence-corrected chi connectivity index (χ3v) is 4.09. The lowest BCUT2D eigenvalue weighted by atomic mass is 9.84. The quantitative estimate of drug-likeness (QED) is 0.835. The number of pyridine rings is 1. The maximum Gasteiger partial charge on any atom is 0.213 e. The van der Waals surface area contributed by atoms with Crippen LogP contribution in [0.4, 0.5) is 0 Å². The number of hydrogen-bond acceptors (Lipinski definition) is 4. The minimum absolute atomic E-state index is 0.0297. The number of hydrogen-bond donors (Lipinski definition) is 0. The highest BCUT2D eigenvalue weighted by Gasteiger charge is 2.48. The van der Waals surface area contributed by atoms with Crippen molar-refractivity contribution < 1.29 is 9.47 Å². The van der Waals surface area contributed by atoms with Gasteiger partial charge in [-0.25, -0.2) is 4.98 Å². The van der Waals surface area contributed by atoms with Gasteiger partial charge in [-0.1, -0.05) is 6.07 Å². The van der Waals surface area contributed by atoms with Gasteiger partial charge in [-0.3, -0.25) is 4.90 Å². The van der Waals surface area contributed by atoms with Crippen LogP contribution in [-0.4, -0.2) is 47.3 Å². The van der Waals surface area contributed by atoms with E-state index in [2.05, 4.69) is 23.7 Å². The number of nitrogens with zero attached hydrogens (tertiary/aromatic N) is 2. The van der Waals surface area contributed by atoms with Gasteiger partial charge in [0, 0.05) is 44.2 Å². The summed E-state index contributed by atoms with van der Waals surface area (Å²) in [7, 11) is 0. The zero-order valence-corrected chi connectivity index (χ0v) is 11.7. The highest BCUT2D eigenvalue weighted by atomic mass is 16.5. The van der Waals surface area contributed by atoms with Crippen LogP contribution < -0.4 is 4.74 Å². The molecule has 1 spiro atoms. The van der Waals surface area contributed by atoms with E-state index >= 15 is 0 Å². The van der Waals surface area contributed by atoms with Gasteiger partial charge in [0.05, 0.1) is 12.2 Å². The molecular formula is C15H22N2O2. The molecule has 0 aliphatic carbocycles. The van der Waals surface area contributed by atoms with Crippen molar-refractivity contribution in [2.24, 2.45) is 0 Å². The molecule has 0 amide bonds. The number of likely N-dealkylation sites (tertiary alicyclic amines) is 1. The van der Waals surface area contributed by atoms with Crippen LogP contribution in [-0.2, 0) is 4.74 Å². The van der Waals surface area contributed by atoms with Crippen LogP contribution in [0, 0.1) is 0 Å². The van der Waals surface area contributed by atoms with Crippen molar-refractivity contribution >= 4 is 0 Å². The Hall–Kier alpha value is -1.13. The largest absolute Gasteiger partial charge is 0.474 e. The first kappa shape index (κ1) is 12.9. The van der Waals surface area contributed by atoms with E-state index in [1.165, 1.54) is 0 Å². The molecule has 1 atom stereocenters. The summed E-state index contributed by atoms with van der Waals surface area (Å²) in [5, 5.41) is 0. The van der Waals surface area contributed by atoms with Gasteiger partial charge in [0.25, 0.3) is 0 Å². The Morgan fingerprint density at radius 2 is 2.26 bits per heavy atom. The first-order chi connectivity index (χ1) is 9.17. The fraction of sp³-hybridized carbons (Fsp3) is 0.667. The molecular weight excluding hydrogens is 240 g/mol. The molecule has 0 radical (unpaired) electrons. The first-order valence-corrected chi connectivity index (χ1v) is 7.13. The van der Waals surface area contributed by atoms with E-state index in [4.69, 9.17) is 9.47 Å². The summed E-state index contributed by atoms with van der Waals surface area (Å²) in [6.07, 6.45) is 3.94. The normalized spacial score (nSPS) is 26.4. The van der Waals surface area contributed by atoms with Crippen LogP contribution in [0.2, 0.25) is 0 Å². The van der Waals surface area contributed by atoms with Crippen molar-refractivity contribution in [2.75, 3.05) is 19.7 Å². The Balaban J connectivity index is 1.57. The highest BCUT2D eigenvalue weighted by molar-refractivity contribution is 5.11. The Morgan fingerprint density at radius 3 is 2.95 bits per heavy atom. The minimum atomic E-state index is 0.0297. The molecule has 4 nitrogen and oxygen atoms in total. The Labute approximate surface area is 114 Å². The number of ether oxygens (including phenoxy) is 2. The second kappa shape index (κ2) is 5.10.